The monoisotopic (exact) mass is 431 g/mol. The summed E-state index contributed by atoms with van der Waals surface area (Å²) in [5, 5.41) is 8.73. The van der Waals surface area contributed by atoms with Gasteiger partial charge in [-0.15, -0.1) is 11.3 Å². The Kier molecular flexibility index (Phi) is 6.44. The van der Waals surface area contributed by atoms with E-state index in [4.69, 9.17) is 11.6 Å². The van der Waals surface area contributed by atoms with Gasteiger partial charge in [-0.1, -0.05) is 56.6 Å². The number of halogens is 1. The van der Waals surface area contributed by atoms with Gasteiger partial charge < -0.3 is 4.90 Å². The quantitative estimate of drug-likeness (QED) is 0.670. The van der Waals surface area contributed by atoms with E-state index in [0.717, 1.165) is 16.2 Å². The van der Waals surface area contributed by atoms with Gasteiger partial charge in [-0.2, -0.15) is 5.10 Å². The second kappa shape index (κ2) is 8.67. The van der Waals surface area contributed by atoms with Gasteiger partial charge >= 0.3 is 0 Å². The summed E-state index contributed by atoms with van der Waals surface area (Å²) >= 11 is 8.02. The molecule has 1 aliphatic heterocycles. The lowest BCUT2D eigenvalue weighted by molar-refractivity contribution is -0.141. The van der Waals surface area contributed by atoms with E-state index >= 15 is 0 Å². The minimum Gasteiger partial charge on any atom is -0.336 e. The molecule has 0 bridgehead atoms. The Morgan fingerprint density at radius 1 is 1.24 bits per heavy atom. The van der Waals surface area contributed by atoms with E-state index in [2.05, 4.69) is 5.10 Å². The molecule has 0 aliphatic carbocycles. The zero-order chi connectivity index (χ0) is 21.2. The number of carbonyl (C=O) groups is 2. The molecule has 5 nitrogen and oxygen atoms in total. The van der Waals surface area contributed by atoms with E-state index in [1.165, 1.54) is 9.91 Å². The lowest BCUT2D eigenvalue weighted by Gasteiger charge is -2.27. The minimum absolute atomic E-state index is 0.0168. The van der Waals surface area contributed by atoms with Crippen molar-refractivity contribution in [3.8, 4) is 0 Å². The molecule has 29 heavy (non-hydrogen) atoms. The lowest BCUT2D eigenvalue weighted by Crippen LogP contribution is -2.40. The third-order valence-electron chi connectivity index (χ3n) is 4.72. The van der Waals surface area contributed by atoms with Crippen LogP contribution in [0, 0.1) is 5.41 Å². The Morgan fingerprint density at radius 3 is 2.59 bits per heavy atom. The molecule has 1 aromatic carbocycles. The number of hydrazone groups is 1. The first-order chi connectivity index (χ1) is 13.7. The summed E-state index contributed by atoms with van der Waals surface area (Å²) in [6.07, 6.45) is 0.976. The van der Waals surface area contributed by atoms with Gasteiger partial charge in [0, 0.05) is 24.9 Å². The van der Waals surface area contributed by atoms with Gasteiger partial charge in [-0.05, 0) is 28.5 Å². The van der Waals surface area contributed by atoms with Crippen LogP contribution < -0.4 is 0 Å². The standard InChI is InChI=1S/C22H26ClN3O2S/c1-22(2,3)13-20(27)25(4)14-21(28)26-18(15-8-5-6-9-16(15)23)12-17(24-26)19-10-7-11-29-19/h5-11,18H,12-14H2,1-4H3. The molecule has 1 aliphatic rings. The van der Waals surface area contributed by atoms with E-state index < -0.39 is 0 Å². The Hall–Kier alpha value is -2.18. The third kappa shape index (κ3) is 5.25. The SMILES string of the molecule is CN(CC(=O)N1N=C(c2cccs2)CC1c1ccccc1Cl)C(=O)CC(C)(C)C. The van der Waals surface area contributed by atoms with Crippen molar-refractivity contribution < 1.29 is 9.59 Å². The van der Waals surface area contributed by atoms with Gasteiger partial charge in [-0.3, -0.25) is 9.59 Å². The number of carbonyl (C=O) groups excluding carboxylic acids is 2. The highest BCUT2D eigenvalue weighted by Gasteiger charge is 2.35. The molecule has 7 heteroatoms. The molecule has 0 saturated carbocycles. The molecular weight excluding hydrogens is 406 g/mol. The lowest BCUT2D eigenvalue weighted by atomic mass is 9.92. The van der Waals surface area contributed by atoms with Crippen molar-refractivity contribution in [3.05, 3.63) is 57.2 Å². The average molecular weight is 432 g/mol. The number of benzene rings is 1. The molecule has 0 saturated heterocycles. The maximum Gasteiger partial charge on any atom is 0.262 e. The minimum atomic E-state index is -0.278. The van der Waals surface area contributed by atoms with E-state index in [9.17, 15) is 9.59 Å². The fraction of sp³-hybridized carbons (Fsp3) is 0.409. The van der Waals surface area contributed by atoms with Crippen molar-refractivity contribution in [1.29, 1.82) is 0 Å². The van der Waals surface area contributed by atoms with E-state index in [1.54, 1.807) is 18.4 Å². The molecule has 0 N–H and O–H groups in total. The highest BCUT2D eigenvalue weighted by atomic mass is 35.5. The highest BCUT2D eigenvalue weighted by Crippen LogP contribution is 2.37. The first-order valence-corrected chi connectivity index (χ1v) is 10.8. The Labute approximate surface area is 181 Å². The molecule has 0 radical (unpaired) electrons. The van der Waals surface area contributed by atoms with Crippen LogP contribution in [-0.2, 0) is 9.59 Å². The summed E-state index contributed by atoms with van der Waals surface area (Å²) in [7, 11) is 1.66. The fourth-order valence-electron chi connectivity index (χ4n) is 3.27. The van der Waals surface area contributed by atoms with Crippen molar-refractivity contribution >= 4 is 40.5 Å². The van der Waals surface area contributed by atoms with Crippen LogP contribution in [0.25, 0.3) is 0 Å². The van der Waals surface area contributed by atoms with Crippen molar-refractivity contribution in [2.75, 3.05) is 13.6 Å². The van der Waals surface area contributed by atoms with Gasteiger partial charge in [-0.25, -0.2) is 5.01 Å². The van der Waals surface area contributed by atoms with Crippen LogP contribution >= 0.6 is 22.9 Å². The summed E-state index contributed by atoms with van der Waals surface area (Å²) in [4.78, 5) is 28.1. The largest absolute Gasteiger partial charge is 0.336 e. The van der Waals surface area contributed by atoms with E-state index in [-0.39, 0.29) is 29.8 Å². The molecule has 0 spiro atoms. The van der Waals surface area contributed by atoms with Crippen LogP contribution in [0.2, 0.25) is 5.02 Å². The topological polar surface area (TPSA) is 53.0 Å². The Balaban J connectivity index is 1.83. The molecule has 2 amide bonds. The number of nitrogens with zero attached hydrogens (tertiary/aromatic N) is 3. The molecule has 0 fully saturated rings. The first-order valence-electron chi connectivity index (χ1n) is 9.57. The second-order valence-electron chi connectivity index (χ2n) is 8.49. The molecule has 154 valence electrons. The summed E-state index contributed by atoms with van der Waals surface area (Å²) < 4.78 is 0. The maximum atomic E-state index is 13.1. The molecule has 2 aromatic rings. The number of hydrogen-bond donors (Lipinski definition) is 0. The normalized spacial score (nSPS) is 16.7. The van der Waals surface area contributed by atoms with Crippen molar-refractivity contribution in [3.63, 3.8) is 0 Å². The third-order valence-corrected chi connectivity index (χ3v) is 5.98. The van der Waals surface area contributed by atoms with Crippen molar-refractivity contribution in [2.24, 2.45) is 10.5 Å². The number of hydrogen-bond acceptors (Lipinski definition) is 4. The molecule has 2 heterocycles. The van der Waals surface area contributed by atoms with E-state index in [1.807, 2.05) is 62.5 Å². The maximum absolute atomic E-state index is 13.1. The highest BCUT2D eigenvalue weighted by molar-refractivity contribution is 7.12. The predicted octanol–water partition coefficient (Wildman–Crippen LogP) is 4.97. The summed E-state index contributed by atoms with van der Waals surface area (Å²) in [5.74, 6) is -0.270. The summed E-state index contributed by atoms with van der Waals surface area (Å²) in [6.45, 7) is 6.00. The number of likely N-dealkylation sites (N-methyl/N-ethyl adjacent to an activating group) is 1. The van der Waals surface area contributed by atoms with Crippen LogP contribution in [0.3, 0.4) is 0 Å². The van der Waals surface area contributed by atoms with Gasteiger partial charge in [0.05, 0.1) is 16.6 Å². The second-order valence-corrected chi connectivity index (χ2v) is 9.85. The number of amides is 2. The van der Waals surface area contributed by atoms with Gasteiger partial charge in [0.1, 0.15) is 6.54 Å². The van der Waals surface area contributed by atoms with Gasteiger partial charge in [0.25, 0.3) is 5.91 Å². The first kappa shape index (κ1) is 21.5. The van der Waals surface area contributed by atoms with Crippen LogP contribution in [0.15, 0.2) is 46.9 Å². The molecule has 1 aromatic heterocycles. The van der Waals surface area contributed by atoms with E-state index in [0.29, 0.717) is 17.9 Å². The van der Waals surface area contributed by atoms with Gasteiger partial charge in [0.2, 0.25) is 5.91 Å². The molecular formula is C22H26ClN3O2S. The molecule has 1 atom stereocenters. The fourth-order valence-corrected chi connectivity index (χ4v) is 4.25. The zero-order valence-corrected chi connectivity index (χ0v) is 18.8. The van der Waals surface area contributed by atoms with Crippen LogP contribution in [0.1, 0.15) is 50.1 Å². The van der Waals surface area contributed by atoms with Gasteiger partial charge in [0.15, 0.2) is 0 Å². The zero-order valence-electron chi connectivity index (χ0n) is 17.2. The predicted molar refractivity (Wildman–Crippen MR) is 118 cm³/mol. The average Bonchev–Trinajstić information content (AvgIpc) is 3.30. The Bertz CT molecular complexity index is 918. The van der Waals surface area contributed by atoms with Crippen LogP contribution in [-0.4, -0.2) is 41.0 Å². The Morgan fingerprint density at radius 2 is 1.97 bits per heavy atom. The molecule has 3 rings (SSSR count). The smallest absolute Gasteiger partial charge is 0.262 e. The van der Waals surface area contributed by atoms with Crippen molar-refractivity contribution in [1.82, 2.24) is 9.91 Å². The summed E-state index contributed by atoms with van der Waals surface area (Å²) in [5.41, 5.74) is 1.59. The number of rotatable bonds is 5. The van der Waals surface area contributed by atoms with Crippen molar-refractivity contribution in [2.45, 2.75) is 39.7 Å². The molecule has 1 unspecified atom stereocenters. The summed E-state index contributed by atoms with van der Waals surface area (Å²) in [6, 6.07) is 11.2. The van der Waals surface area contributed by atoms with Crippen LogP contribution in [0.4, 0.5) is 0 Å². The number of thiophene rings is 1. The van der Waals surface area contributed by atoms with Crippen LogP contribution in [0.5, 0.6) is 0 Å².